The number of hydrogen-bond acceptors (Lipinski definition) is 3. The lowest BCUT2D eigenvalue weighted by Gasteiger charge is -2.39. The molecular weight excluding hydrogens is 667 g/mol. The lowest BCUT2D eigenvalue weighted by molar-refractivity contribution is -0.440. The van der Waals surface area contributed by atoms with Crippen molar-refractivity contribution in [2.24, 2.45) is 17.8 Å². The molecule has 1 aromatic rings. The van der Waals surface area contributed by atoms with Crippen molar-refractivity contribution in [2.45, 2.75) is 102 Å². The molecule has 0 saturated heterocycles. The quantitative estimate of drug-likeness (QED) is 0.0834. The fourth-order valence-electron chi connectivity index (χ4n) is 3.87. The maximum absolute atomic E-state index is 13.9. The Morgan fingerprint density at radius 3 is 1.77 bits per heavy atom. The van der Waals surface area contributed by atoms with Crippen molar-refractivity contribution < 1.29 is 71.7 Å². The van der Waals surface area contributed by atoms with E-state index in [1.54, 1.807) is 0 Å². The highest BCUT2D eigenvalue weighted by Gasteiger charge is 2.90. The van der Waals surface area contributed by atoms with E-state index in [4.69, 9.17) is 14.6 Å². The van der Waals surface area contributed by atoms with Crippen LogP contribution in [0.5, 0.6) is 5.75 Å². The molecule has 0 spiro atoms. The predicted octanol–water partition coefficient (Wildman–Crippen LogP) is 10.3. The number of alkyl halides is 13. The van der Waals surface area contributed by atoms with Gasteiger partial charge in [-0.15, -0.1) is 0 Å². The van der Waals surface area contributed by atoms with Gasteiger partial charge < -0.3 is 14.6 Å². The topological polar surface area (TPSA) is 38.7 Å². The van der Waals surface area contributed by atoms with Gasteiger partial charge in [-0.3, -0.25) is 0 Å². The van der Waals surface area contributed by atoms with Gasteiger partial charge in [0.05, 0.1) is 19.3 Å². The average Bonchev–Trinajstić information content (AvgIpc) is 2.97. The Morgan fingerprint density at radius 1 is 0.702 bits per heavy atom. The second-order valence-corrected chi connectivity index (χ2v) is 11.6. The molecule has 3 nitrogen and oxygen atoms in total. The van der Waals surface area contributed by atoms with E-state index in [1.165, 1.54) is 24.3 Å². The zero-order valence-electron chi connectivity index (χ0n) is 26.1. The summed E-state index contributed by atoms with van der Waals surface area (Å²) in [7, 11) is 0. The Hall–Kier alpha value is -2.49. The zero-order valence-corrected chi connectivity index (χ0v) is 26.1. The van der Waals surface area contributed by atoms with Crippen molar-refractivity contribution in [3.8, 4) is 5.75 Å². The molecular formula is C31H39F13O3. The van der Waals surface area contributed by atoms with Crippen LogP contribution in [0.2, 0.25) is 0 Å². The van der Waals surface area contributed by atoms with Gasteiger partial charge in [0.1, 0.15) is 5.75 Å². The van der Waals surface area contributed by atoms with Crippen molar-refractivity contribution in [1.29, 1.82) is 0 Å². The van der Waals surface area contributed by atoms with Gasteiger partial charge in [0.2, 0.25) is 0 Å². The van der Waals surface area contributed by atoms with Crippen LogP contribution in [0.3, 0.4) is 0 Å². The summed E-state index contributed by atoms with van der Waals surface area (Å²) >= 11 is 0. The highest BCUT2D eigenvalue weighted by atomic mass is 19.4. The van der Waals surface area contributed by atoms with Crippen LogP contribution in [-0.2, 0) is 11.3 Å². The molecule has 0 aromatic heterocycles. The van der Waals surface area contributed by atoms with Gasteiger partial charge in [-0.25, -0.2) is 0 Å². The number of aliphatic hydroxyl groups excluding tert-OH is 1. The van der Waals surface area contributed by atoms with Crippen molar-refractivity contribution in [3.05, 3.63) is 54.1 Å². The Bertz CT molecular complexity index is 1130. The van der Waals surface area contributed by atoms with Crippen molar-refractivity contribution >= 4 is 0 Å². The third-order valence-electron chi connectivity index (χ3n) is 7.34. The molecule has 0 fully saturated rings. The molecule has 1 rings (SSSR count). The van der Waals surface area contributed by atoms with Gasteiger partial charge in [-0.05, 0) is 61.6 Å². The van der Waals surface area contributed by atoms with Gasteiger partial charge in [0.15, 0.2) is 0 Å². The van der Waals surface area contributed by atoms with E-state index in [0.717, 1.165) is 12.8 Å². The normalized spacial score (nSPS) is 16.9. The molecule has 0 aliphatic heterocycles. The van der Waals surface area contributed by atoms with Crippen LogP contribution in [0, 0.1) is 17.8 Å². The van der Waals surface area contributed by atoms with Crippen molar-refractivity contribution in [2.75, 3.05) is 13.2 Å². The molecule has 0 bridgehead atoms. The van der Waals surface area contributed by atoms with Crippen LogP contribution in [-0.4, -0.2) is 60.2 Å². The highest BCUT2D eigenvalue weighted by Crippen LogP contribution is 2.60. The number of hydrogen-bond donors (Lipinski definition) is 1. The molecule has 0 saturated carbocycles. The zero-order chi connectivity index (χ0) is 36.5. The standard InChI is InChI=1S/C31H39F13O3/c1-20(8-5-10-21(2)18-45)9-6-11-22(3)23(4)47-19-24-12-14-25(15-13-24)46-17-7-16-26(32,33)27(34,35)28(36,37)29(38,39)30(40,41)31(42,43)44/h5-6,8,11-15,20-23,45H,7,9-10,16-19H2,1-4H3/b8-5+,11-6+/t20-,21-,22-,23+/m0/s1. The molecule has 0 unspecified atom stereocenters. The number of halogens is 13. The SMILES string of the molecule is C[C@H](CO)C/C=C/[C@H](C)C/C=C/[C@H](C)[C@@H](C)OCc1ccc(OCCCC(F)(F)C(F)(F)C(F)(F)C(F)(F)C(F)(F)C(F)(F)F)cc1. The maximum atomic E-state index is 13.9. The number of ether oxygens (including phenoxy) is 2. The first-order chi connectivity index (χ1) is 21.4. The first kappa shape index (κ1) is 42.5. The Labute approximate surface area is 264 Å². The molecule has 1 N–H and O–H groups in total. The molecule has 47 heavy (non-hydrogen) atoms. The van der Waals surface area contributed by atoms with E-state index in [9.17, 15) is 57.1 Å². The summed E-state index contributed by atoms with van der Waals surface area (Å²) in [5.41, 5.74) is 0.654. The summed E-state index contributed by atoms with van der Waals surface area (Å²) < 4.78 is 183. The average molecular weight is 707 g/mol. The van der Waals surface area contributed by atoms with E-state index in [1.807, 2.05) is 39.0 Å². The molecule has 16 heteroatoms. The third-order valence-corrected chi connectivity index (χ3v) is 7.34. The molecule has 0 amide bonds. The predicted molar refractivity (Wildman–Crippen MR) is 148 cm³/mol. The molecule has 4 atom stereocenters. The molecule has 272 valence electrons. The second-order valence-electron chi connectivity index (χ2n) is 11.6. The fraction of sp³-hybridized carbons (Fsp3) is 0.677. The van der Waals surface area contributed by atoms with Crippen LogP contribution < -0.4 is 4.74 Å². The van der Waals surface area contributed by atoms with E-state index in [2.05, 4.69) is 13.0 Å². The summed E-state index contributed by atoms with van der Waals surface area (Å²) in [5, 5.41) is 9.06. The first-order valence-electron chi connectivity index (χ1n) is 14.6. The van der Waals surface area contributed by atoms with Gasteiger partial charge >= 0.3 is 35.8 Å². The fourth-order valence-corrected chi connectivity index (χ4v) is 3.87. The molecule has 1 aromatic carbocycles. The number of benzene rings is 1. The summed E-state index contributed by atoms with van der Waals surface area (Å²) in [6.07, 6.45) is -1.32. The second kappa shape index (κ2) is 16.8. The Balaban J connectivity index is 2.62. The van der Waals surface area contributed by atoms with Crippen molar-refractivity contribution in [3.63, 3.8) is 0 Å². The van der Waals surface area contributed by atoms with Crippen LogP contribution >= 0.6 is 0 Å². The van der Waals surface area contributed by atoms with E-state index >= 15 is 0 Å². The molecule has 0 radical (unpaired) electrons. The minimum absolute atomic E-state index is 0.00356. The lowest BCUT2D eigenvalue weighted by atomic mass is 9.92. The van der Waals surface area contributed by atoms with Crippen LogP contribution in [0.1, 0.15) is 58.9 Å². The Morgan fingerprint density at radius 2 is 1.23 bits per heavy atom. The third kappa shape index (κ3) is 10.8. The van der Waals surface area contributed by atoms with E-state index < -0.39 is 55.2 Å². The minimum atomic E-state index is -7.91. The summed E-state index contributed by atoms with van der Waals surface area (Å²) in [6, 6.07) is 5.70. The minimum Gasteiger partial charge on any atom is -0.494 e. The Kier molecular flexibility index (Phi) is 15.2. The van der Waals surface area contributed by atoms with Crippen LogP contribution in [0.25, 0.3) is 0 Å². The number of allylic oxidation sites excluding steroid dienone is 3. The highest BCUT2D eigenvalue weighted by molar-refractivity contribution is 5.27. The van der Waals surface area contributed by atoms with E-state index in [-0.39, 0.29) is 36.9 Å². The molecule has 0 heterocycles. The summed E-state index contributed by atoms with van der Waals surface area (Å²) in [6.45, 7) is 7.29. The number of aliphatic hydroxyl groups is 1. The van der Waals surface area contributed by atoms with Gasteiger partial charge in [-0.1, -0.05) is 57.2 Å². The monoisotopic (exact) mass is 706 g/mol. The van der Waals surface area contributed by atoms with Crippen LogP contribution in [0.15, 0.2) is 48.6 Å². The van der Waals surface area contributed by atoms with Crippen LogP contribution in [0.4, 0.5) is 57.1 Å². The smallest absolute Gasteiger partial charge is 0.460 e. The van der Waals surface area contributed by atoms with Gasteiger partial charge in [0.25, 0.3) is 0 Å². The van der Waals surface area contributed by atoms with Crippen molar-refractivity contribution in [1.82, 2.24) is 0 Å². The summed E-state index contributed by atoms with van der Waals surface area (Å²) in [5.74, 6) is -36.3. The van der Waals surface area contributed by atoms with Gasteiger partial charge in [-0.2, -0.15) is 57.1 Å². The number of rotatable bonds is 20. The van der Waals surface area contributed by atoms with Gasteiger partial charge in [0, 0.05) is 13.0 Å². The van der Waals surface area contributed by atoms with E-state index in [0.29, 0.717) is 11.5 Å². The lowest BCUT2D eigenvalue weighted by Crippen LogP contribution is -2.70. The maximum Gasteiger partial charge on any atom is 0.460 e. The molecule has 0 aliphatic rings. The largest absolute Gasteiger partial charge is 0.494 e. The first-order valence-corrected chi connectivity index (χ1v) is 14.6. The summed E-state index contributed by atoms with van der Waals surface area (Å²) in [4.78, 5) is 0. The molecule has 0 aliphatic carbocycles.